The van der Waals surface area contributed by atoms with Gasteiger partial charge in [0.2, 0.25) is 0 Å². The van der Waals surface area contributed by atoms with Crippen molar-refractivity contribution in [2.45, 2.75) is 32.2 Å². The third-order valence-corrected chi connectivity index (χ3v) is 2.85. The predicted molar refractivity (Wildman–Crippen MR) is 59.6 cm³/mol. The van der Waals surface area contributed by atoms with Crippen molar-refractivity contribution in [2.24, 2.45) is 0 Å². The molecule has 0 spiro atoms. The van der Waals surface area contributed by atoms with Crippen LogP contribution < -0.4 is 5.32 Å². The van der Waals surface area contributed by atoms with Gasteiger partial charge in [-0.05, 0) is 45.8 Å². The molecule has 1 saturated heterocycles. The first-order valence-corrected chi connectivity index (χ1v) is 5.77. The fraction of sp³-hybridized carbons (Fsp3) is 1.00. The number of nitrogens with one attached hydrogen (secondary N) is 1. The zero-order valence-electron chi connectivity index (χ0n) is 9.59. The van der Waals surface area contributed by atoms with E-state index in [0.29, 0.717) is 6.04 Å². The van der Waals surface area contributed by atoms with Gasteiger partial charge >= 0.3 is 0 Å². The third-order valence-electron chi connectivity index (χ3n) is 2.85. The Kier molecular flexibility index (Phi) is 6.15. The molecule has 0 bridgehead atoms. The van der Waals surface area contributed by atoms with E-state index in [0.717, 1.165) is 13.0 Å². The number of nitrogens with zero attached hydrogens (tertiary/aromatic N) is 1. The summed E-state index contributed by atoms with van der Waals surface area (Å²) in [5.74, 6) is 0. The van der Waals surface area contributed by atoms with E-state index in [1.54, 1.807) is 7.11 Å². The number of hydrogen-bond donors (Lipinski definition) is 1. The van der Waals surface area contributed by atoms with Gasteiger partial charge in [0.05, 0.1) is 0 Å². The molecule has 0 aliphatic carbocycles. The van der Waals surface area contributed by atoms with Crippen LogP contribution in [0.25, 0.3) is 0 Å². The molecule has 1 aliphatic heterocycles. The van der Waals surface area contributed by atoms with E-state index in [1.165, 1.54) is 39.0 Å². The van der Waals surface area contributed by atoms with Crippen molar-refractivity contribution in [2.75, 3.05) is 39.9 Å². The highest BCUT2D eigenvalue weighted by Crippen LogP contribution is 2.02. The molecule has 0 aromatic carbocycles. The Hall–Kier alpha value is -0.120. The van der Waals surface area contributed by atoms with Crippen LogP contribution in [0.2, 0.25) is 0 Å². The highest BCUT2D eigenvalue weighted by molar-refractivity contribution is 4.69. The lowest BCUT2D eigenvalue weighted by atomic mass is 10.2. The SMILES string of the molecule is COCCCN1CCCNC(C)CC1. The van der Waals surface area contributed by atoms with Crippen LogP contribution in [0.4, 0.5) is 0 Å². The normalized spacial score (nSPS) is 25.7. The maximum atomic E-state index is 5.07. The van der Waals surface area contributed by atoms with Crippen molar-refractivity contribution in [1.29, 1.82) is 0 Å². The largest absolute Gasteiger partial charge is 0.385 e. The lowest BCUT2D eigenvalue weighted by molar-refractivity contribution is 0.165. The average Bonchev–Trinajstić information content (AvgIpc) is 2.16. The van der Waals surface area contributed by atoms with E-state index in [4.69, 9.17) is 4.74 Å². The van der Waals surface area contributed by atoms with E-state index in [2.05, 4.69) is 17.1 Å². The minimum absolute atomic E-state index is 0.681. The summed E-state index contributed by atoms with van der Waals surface area (Å²) in [5, 5.41) is 3.52. The number of ether oxygens (including phenoxy) is 1. The lowest BCUT2D eigenvalue weighted by Crippen LogP contribution is -2.38. The highest BCUT2D eigenvalue weighted by Gasteiger charge is 2.10. The molecular weight excluding hydrogens is 176 g/mol. The van der Waals surface area contributed by atoms with Gasteiger partial charge in [0.1, 0.15) is 0 Å². The Morgan fingerprint density at radius 1 is 1.43 bits per heavy atom. The third kappa shape index (κ3) is 4.94. The second-order valence-corrected chi connectivity index (χ2v) is 4.19. The van der Waals surface area contributed by atoms with E-state index in [-0.39, 0.29) is 0 Å². The molecule has 3 heteroatoms. The van der Waals surface area contributed by atoms with Crippen LogP contribution in [0.15, 0.2) is 0 Å². The monoisotopic (exact) mass is 200 g/mol. The average molecular weight is 200 g/mol. The topological polar surface area (TPSA) is 24.5 Å². The first-order valence-electron chi connectivity index (χ1n) is 5.77. The smallest absolute Gasteiger partial charge is 0.0474 e. The molecule has 1 N–H and O–H groups in total. The Bertz CT molecular complexity index is 141. The summed E-state index contributed by atoms with van der Waals surface area (Å²) in [6.07, 6.45) is 3.71. The quantitative estimate of drug-likeness (QED) is 0.688. The second-order valence-electron chi connectivity index (χ2n) is 4.19. The van der Waals surface area contributed by atoms with Crippen LogP contribution in [0.1, 0.15) is 26.2 Å². The van der Waals surface area contributed by atoms with Crippen molar-refractivity contribution in [3.8, 4) is 0 Å². The second kappa shape index (κ2) is 7.21. The predicted octanol–water partition coefficient (Wildman–Crippen LogP) is 1.10. The molecule has 1 heterocycles. The molecule has 0 saturated carbocycles. The summed E-state index contributed by atoms with van der Waals surface area (Å²) in [7, 11) is 1.78. The lowest BCUT2D eigenvalue weighted by Gasteiger charge is -2.27. The molecule has 0 aromatic heterocycles. The van der Waals surface area contributed by atoms with Gasteiger partial charge in [0.15, 0.2) is 0 Å². The van der Waals surface area contributed by atoms with Crippen molar-refractivity contribution in [1.82, 2.24) is 10.2 Å². The zero-order chi connectivity index (χ0) is 10.2. The molecule has 14 heavy (non-hydrogen) atoms. The van der Waals surface area contributed by atoms with E-state index >= 15 is 0 Å². The Morgan fingerprint density at radius 3 is 3.07 bits per heavy atom. The highest BCUT2D eigenvalue weighted by atomic mass is 16.5. The molecule has 1 unspecified atom stereocenters. The zero-order valence-corrected chi connectivity index (χ0v) is 9.59. The van der Waals surface area contributed by atoms with Crippen LogP contribution in [0.5, 0.6) is 0 Å². The van der Waals surface area contributed by atoms with E-state index in [9.17, 15) is 0 Å². The summed E-state index contributed by atoms with van der Waals surface area (Å²) >= 11 is 0. The molecule has 0 amide bonds. The molecular formula is C11H24N2O. The molecule has 0 radical (unpaired) electrons. The molecule has 1 aliphatic rings. The van der Waals surface area contributed by atoms with Gasteiger partial charge in [0, 0.05) is 26.3 Å². The van der Waals surface area contributed by atoms with Gasteiger partial charge < -0.3 is 15.0 Å². The summed E-state index contributed by atoms with van der Waals surface area (Å²) < 4.78 is 5.07. The van der Waals surface area contributed by atoms with Crippen molar-refractivity contribution in [3.05, 3.63) is 0 Å². The first-order chi connectivity index (χ1) is 6.83. The minimum atomic E-state index is 0.681. The molecule has 84 valence electrons. The fourth-order valence-electron chi connectivity index (χ4n) is 1.90. The molecule has 1 rings (SSSR count). The fourth-order valence-corrected chi connectivity index (χ4v) is 1.90. The van der Waals surface area contributed by atoms with Crippen LogP contribution in [0.3, 0.4) is 0 Å². The van der Waals surface area contributed by atoms with E-state index in [1.807, 2.05) is 0 Å². The summed E-state index contributed by atoms with van der Waals surface area (Å²) in [6.45, 7) is 8.01. The maximum Gasteiger partial charge on any atom is 0.0474 e. The summed E-state index contributed by atoms with van der Waals surface area (Å²) in [5.41, 5.74) is 0. The van der Waals surface area contributed by atoms with Gasteiger partial charge in [-0.3, -0.25) is 0 Å². The Morgan fingerprint density at radius 2 is 2.29 bits per heavy atom. The molecule has 3 nitrogen and oxygen atoms in total. The van der Waals surface area contributed by atoms with Crippen molar-refractivity contribution >= 4 is 0 Å². The van der Waals surface area contributed by atoms with Crippen molar-refractivity contribution in [3.63, 3.8) is 0 Å². The number of methoxy groups -OCH3 is 1. The van der Waals surface area contributed by atoms with Gasteiger partial charge in [-0.25, -0.2) is 0 Å². The van der Waals surface area contributed by atoms with Crippen LogP contribution in [-0.4, -0.2) is 50.8 Å². The summed E-state index contributed by atoms with van der Waals surface area (Å²) in [4.78, 5) is 2.57. The standard InChI is InChI=1S/C11H24N2O/c1-11-5-9-13(7-3-6-12-11)8-4-10-14-2/h11-12H,3-10H2,1-2H3. The Balaban J connectivity index is 2.15. The van der Waals surface area contributed by atoms with Crippen molar-refractivity contribution < 1.29 is 4.74 Å². The first kappa shape index (κ1) is 12.0. The van der Waals surface area contributed by atoms with Gasteiger partial charge in [-0.2, -0.15) is 0 Å². The minimum Gasteiger partial charge on any atom is -0.385 e. The summed E-state index contributed by atoms with van der Waals surface area (Å²) in [6, 6.07) is 0.681. The number of hydrogen-bond acceptors (Lipinski definition) is 3. The van der Waals surface area contributed by atoms with Gasteiger partial charge in [-0.15, -0.1) is 0 Å². The van der Waals surface area contributed by atoms with Crippen LogP contribution in [-0.2, 0) is 4.74 Å². The van der Waals surface area contributed by atoms with Crippen LogP contribution in [0, 0.1) is 0 Å². The Labute approximate surface area is 87.8 Å². The number of rotatable bonds is 4. The molecule has 1 fully saturated rings. The van der Waals surface area contributed by atoms with E-state index < -0.39 is 0 Å². The van der Waals surface area contributed by atoms with Gasteiger partial charge in [0.25, 0.3) is 0 Å². The maximum absolute atomic E-state index is 5.07. The van der Waals surface area contributed by atoms with Gasteiger partial charge in [-0.1, -0.05) is 0 Å². The molecule has 1 atom stereocenters. The van der Waals surface area contributed by atoms with Crippen LogP contribution >= 0.6 is 0 Å². The molecule has 0 aromatic rings.